The number of carbonyl (C=O) groups is 3. The van der Waals surface area contributed by atoms with Crippen molar-refractivity contribution in [3.05, 3.63) is 24.3 Å². The van der Waals surface area contributed by atoms with Gasteiger partial charge in [0.25, 0.3) is 0 Å². The van der Waals surface area contributed by atoms with Gasteiger partial charge in [-0.05, 0) is 18.1 Å². The van der Waals surface area contributed by atoms with Crippen molar-refractivity contribution in [2.24, 2.45) is 11.8 Å². The molecule has 108 valence electrons. The normalized spacial score (nSPS) is 35.0. The number of fused-ring (bicyclic) bond motifs is 2. The SMILES string of the molecule is C=C1C(=C)[C@@]2(C(C)=O)O[C@@H]1[C@H](C(=O)OC)[C@H]2C(=O)OC. The number of ether oxygens (including phenoxy) is 3. The molecule has 0 N–H and O–H groups in total. The molecule has 2 saturated heterocycles. The standard InChI is InChI=1S/C14H16O6/c1-6-7(2)14(8(3)15)10(13(17)19-5)9(11(6)20-14)12(16)18-4/h9-11H,1-2H2,3-5H3/t9-,10+,11+,14+/m1/s1. The fourth-order valence-electron chi connectivity index (χ4n) is 3.08. The Kier molecular flexibility index (Phi) is 3.29. The Hall–Kier alpha value is -1.95. The fraction of sp³-hybridized carbons (Fsp3) is 0.500. The summed E-state index contributed by atoms with van der Waals surface area (Å²) < 4.78 is 15.1. The van der Waals surface area contributed by atoms with Gasteiger partial charge in [-0.3, -0.25) is 14.4 Å². The molecular weight excluding hydrogens is 264 g/mol. The van der Waals surface area contributed by atoms with Gasteiger partial charge < -0.3 is 14.2 Å². The zero-order valence-corrected chi connectivity index (χ0v) is 11.6. The van der Waals surface area contributed by atoms with Gasteiger partial charge >= 0.3 is 11.9 Å². The van der Waals surface area contributed by atoms with E-state index in [1.165, 1.54) is 21.1 Å². The van der Waals surface area contributed by atoms with Crippen LogP contribution in [0.3, 0.4) is 0 Å². The Morgan fingerprint density at radius 3 is 2.15 bits per heavy atom. The van der Waals surface area contributed by atoms with Crippen LogP contribution in [0.5, 0.6) is 0 Å². The van der Waals surface area contributed by atoms with Crippen LogP contribution in [-0.4, -0.2) is 43.6 Å². The van der Waals surface area contributed by atoms with Crippen LogP contribution < -0.4 is 0 Å². The second-order valence-corrected chi connectivity index (χ2v) is 4.88. The van der Waals surface area contributed by atoms with E-state index >= 15 is 0 Å². The maximum Gasteiger partial charge on any atom is 0.313 e. The van der Waals surface area contributed by atoms with Gasteiger partial charge in [-0.25, -0.2) is 0 Å². The van der Waals surface area contributed by atoms with E-state index in [4.69, 9.17) is 14.2 Å². The van der Waals surface area contributed by atoms with Crippen molar-refractivity contribution in [2.45, 2.75) is 18.6 Å². The van der Waals surface area contributed by atoms with Crippen LogP contribution in [0.1, 0.15) is 6.92 Å². The van der Waals surface area contributed by atoms with Crippen LogP contribution >= 0.6 is 0 Å². The number of methoxy groups -OCH3 is 2. The fourth-order valence-corrected chi connectivity index (χ4v) is 3.08. The lowest BCUT2D eigenvalue weighted by atomic mass is 9.66. The summed E-state index contributed by atoms with van der Waals surface area (Å²) in [5.74, 6) is -3.79. The molecule has 0 spiro atoms. The average molecular weight is 280 g/mol. The zero-order chi connectivity index (χ0) is 15.2. The van der Waals surface area contributed by atoms with Gasteiger partial charge in [0, 0.05) is 0 Å². The van der Waals surface area contributed by atoms with Crippen LogP contribution in [0.15, 0.2) is 24.3 Å². The van der Waals surface area contributed by atoms with E-state index in [1.54, 1.807) is 0 Å². The Morgan fingerprint density at radius 1 is 1.15 bits per heavy atom. The molecule has 0 aliphatic carbocycles. The third kappa shape index (κ3) is 1.51. The Balaban J connectivity index is 2.61. The first kappa shape index (κ1) is 14.5. The third-order valence-electron chi connectivity index (χ3n) is 4.07. The van der Waals surface area contributed by atoms with Crippen molar-refractivity contribution in [3.63, 3.8) is 0 Å². The van der Waals surface area contributed by atoms with Crippen LogP contribution in [-0.2, 0) is 28.6 Å². The monoisotopic (exact) mass is 280 g/mol. The summed E-state index contributed by atoms with van der Waals surface area (Å²) in [6.07, 6.45) is -0.789. The molecule has 0 amide bonds. The lowest BCUT2D eigenvalue weighted by molar-refractivity contribution is -0.160. The number of Topliss-reactive ketones (excluding diaryl/α,β-unsaturated/α-hetero) is 1. The molecule has 0 radical (unpaired) electrons. The van der Waals surface area contributed by atoms with Crippen LogP contribution in [0, 0.1) is 11.8 Å². The molecule has 6 nitrogen and oxygen atoms in total. The van der Waals surface area contributed by atoms with Crippen LogP contribution in [0.25, 0.3) is 0 Å². The van der Waals surface area contributed by atoms with Crippen molar-refractivity contribution in [1.29, 1.82) is 0 Å². The molecule has 0 aromatic heterocycles. The predicted octanol–water partition coefficient (Wildman–Crippen LogP) is 0.417. The number of ketones is 1. The maximum absolute atomic E-state index is 12.1. The van der Waals surface area contributed by atoms with E-state index in [2.05, 4.69) is 13.2 Å². The van der Waals surface area contributed by atoms with Crippen molar-refractivity contribution < 1.29 is 28.6 Å². The molecule has 2 aliphatic heterocycles. The van der Waals surface area contributed by atoms with E-state index in [1.807, 2.05) is 0 Å². The summed E-state index contributed by atoms with van der Waals surface area (Å²) in [5.41, 5.74) is -0.811. The first-order chi connectivity index (χ1) is 9.32. The van der Waals surface area contributed by atoms with Gasteiger partial charge in [-0.2, -0.15) is 0 Å². The minimum Gasteiger partial charge on any atom is -0.469 e. The minimum atomic E-state index is -1.58. The Bertz CT molecular complexity index is 534. The zero-order valence-electron chi connectivity index (χ0n) is 11.6. The van der Waals surface area contributed by atoms with Gasteiger partial charge in [0.05, 0.1) is 20.3 Å². The molecule has 20 heavy (non-hydrogen) atoms. The predicted molar refractivity (Wildman–Crippen MR) is 67.6 cm³/mol. The van der Waals surface area contributed by atoms with Gasteiger partial charge in [0.15, 0.2) is 11.4 Å². The lowest BCUT2D eigenvalue weighted by Crippen LogP contribution is -2.51. The Morgan fingerprint density at radius 2 is 1.70 bits per heavy atom. The number of carbonyl (C=O) groups excluding carboxylic acids is 3. The number of esters is 2. The van der Waals surface area contributed by atoms with Gasteiger partial charge in [0.1, 0.15) is 11.8 Å². The highest BCUT2D eigenvalue weighted by Gasteiger charge is 2.70. The second kappa shape index (κ2) is 4.56. The van der Waals surface area contributed by atoms with E-state index < -0.39 is 41.3 Å². The molecule has 0 aromatic carbocycles. The van der Waals surface area contributed by atoms with Gasteiger partial charge in [0.2, 0.25) is 0 Å². The second-order valence-electron chi connectivity index (χ2n) is 4.88. The minimum absolute atomic E-state index is 0.325. The van der Waals surface area contributed by atoms with E-state index in [0.29, 0.717) is 11.1 Å². The summed E-state index contributed by atoms with van der Waals surface area (Å²) in [6, 6.07) is 0. The van der Waals surface area contributed by atoms with E-state index in [9.17, 15) is 14.4 Å². The summed E-state index contributed by atoms with van der Waals surface area (Å²) in [5, 5.41) is 0. The van der Waals surface area contributed by atoms with Crippen LogP contribution in [0.4, 0.5) is 0 Å². The van der Waals surface area contributed by atoms with Crippen molar-refractivity contribution >= 4 is 17.7 Å². The maximum atomic E-state index is 12.1. The highest BCUT2D eigenvalue weighted by Crippen LogP contribution is 2.56. The highest BCUT2D eigenvalue weighted by atomic mass is 16.6. The molecule has 0 saturated carbocycles. The van der Waals surface area contributed by atoms with Crippen molar-refractivity contribution in [2.75, 3.05) is 14.2 Å². The molecule has 2 rings (SSSR count). The third-order valence-corrected chi connectivity index (χ3v) is 4.07. The summed E-state index contributed by atoms with van der Waals surface area (Å²) >= 11 is 0. The molecule has 2 aliphatic rings. The van der Waals surface area contributed by atoms with Crippen molar-refractivity contribution in [3.8, 4) is 0 Å². The summed E-state index contributed by atoms with van der Waals surface area (Å²) in [7, 11) is 2.40. The molecule has 6 heteroatoms. The number of rotatable bonds is 3. The number of hydrogen-bond acceptors (Lipinski definition) is 6. The molecule has 2 fully saturated rings. The molecule has 0 unspecified atom stereocenters. The first-order valence-corrected chi connectivity index (χ1v) is 6.06. The van der Waals surface area contributed by atoms with Crippen molar-refractivity contribution in [1.82, 2.24) is 0 Å². The number of hydrogen-bond donors (Lipinski definition) is 0. The highest BCUT2D eigenvalue weighted by molar-refractivity contribution is 6.00. The van der Waals surface area contributed by atoms with E-state index in [-0.39, 0.29) is 0 Å². The smallest absolute Gasteiger partial charge is 0.313 e. The first-order valence-electron chi connectivity index (χ1n) is 6.06. The molecular formula is C14H16O6. The topological polar surface area (TPSA) is 78.9 Å². The Labute approximate surface area is 116 Å². The molecule has 4 atom stereocenters. The molecule has 2 heterocycles. The summed E-state index contributed by atoms with van der Waals surface area (Å²) in [6.45, 7) is 8.88. The van der Waals surface area contributed by atoms with Gasteiger partial charge in [-0.1, -0.05) is 13.2 Å². The largest absolute Gasteiger partial charge is 0.469 e. The van der Waals surface area contributed by atoms with E-state index in [0.717, 1.165) is 0 Å². The lowest BCUT2D eigenvalue weighted by Gasteiger charge is -2.33. The van der Waals surface area contributed by atoms with Gasteiger partial charge in [-0.15, -0.1) is 0 Å². The summed E-state index contributed by atoms with van der Waals surface area (Å²) in [4.78, 5) is 36.1. The molecule has 0 aromatic rings. The average Bonchev–Trinajstić information content (AvgIpc) is 2.91. The quantitative estimate of drug-likeness (QED) is 0.697. The molecule has 2 bridgehead atoms. The van der Waals surface area contributed by atoms with Crippen LogP contribution in [0.2, 0.25) is 0 Å².